The van der Waals surface area contributed by atoms with Gasteiger partial charge in [-0.25, -0.2) is 8.42 Å². The minimum Gasteiger partial charge on any atom is -0.497 e. The van der Waals surface area contributed by atoms with Crippen molar-refractivity contribution in [2.45, 2.75) is 38.3 Å². The van der Waals surface area contributed by atoms with Crippen LogP contribution in [0, 0.1) is 0 Å². The molecule has 1 amide bonds. The third-order valence-corrected chi connectivity index (χ3v) is 8.08. The van der Waals surface area contributed by atoms with Gasteiger partial charge in [0, 0.05) is 18.3 Å². The molecule has 0 N–H and O–H groups in total. The van der Waals surface area contributed by atoms with Crippen LogP contribution in [-0.4, -0.2) is 63.0 Å². The average molecular weight is 443 g/mol. The molecule has 0 aromatic heterocycles. The van der Waals surface area contributed by atoms with E-state index in [4.69, 9.17) is 4.74 Å². The summed E-state index contributed by atoms with van der Waals surface area (Å²) < 4.78 is 30.3. The number of ether oxygens (including phenoxy) is 1. The molecule has 7 heteroatoms. The fourth-order valence-corrected chi connectivity index (χ4v) is 6.60. The number of amides is 1. The fraction of sp³-hybridized carbons (Fsp3) is 0.458. The SMILES string of the molecule is COc1ccc(CCN2CC(=O)N(c3ccc(C(C)C)cc3)C3CS(=O)(=O)CC32)cc1. The fourth-order valence-electron chi connectivity index (χ4n) is 4.62. The molecule has 2 aliphatic heterocycles. The lowest BCUT2D eigenvalue weighted by Crippen LogP contribution is -2.62. The number of carbonyl (C=O) groups is 1. The first kappa shape index (κ1) is 21.8. The molecule has 6 nitrogen and oxygen atoms in total. The molecule has 2 fully saturated rings. The number of piperazine rings is 1. The van der Waals surface area contributed by atoms with Gasteiger partial charge in [0.2, 0.25) is 5.91 Å². The molecule has 0 spiro atoms. The predicted octanol–water partition coefficient (Wildman–Crippen LogP) is 2.88. The maximum Gasteiger partial charge on any atom is 0.241 e. The number of benzene rings is 2. The lowest BCUT2D eigenvalue weighted by atomic mass is 10.00. The highest BCUT2D eigenvalue weighted by molar-refractivity contribution is 7.91. The van der Waals surface area contributed by atoms with Gasteiger partial charge < -0.3 is 9.64 Å². The first-order chi connectivity index (χ1) is 14.8. The Morgan fingerprint density at radius 1 is 1.00 bits per heavy atom. The summed E-state index contributed by atoms with van der Waals surface area (Å²) in [6, 6.07) is 15.3. The summed E-state index contributed by atoms with van der Waals surface area (Å²) in [4.78, 5) is 16.9. The summed E-state index contributed by atoms with van der Waals surface area (Å²) in [5.74, 6) is 1.30. The number of nitrogens with zero attached hydrogens (tertiary/aromatic N) is 2. The van der Waals surface area contributed by atoms with Crippen LogP contribution in [0.3, 0.4) is 0 Å². The molecule has 2 atom stereocenters. The van der Waals surface area contributed by atoms with E-state index in [1.165, 1.54) is 5.56 Å². The standard InChI is InChI=1S/C24H30N2O4S/c1-17(2)19-6-8-20(9-7-19)26-23-16-31(28,29)15-22(23)25(14-24(26)27)13-12-18-4-10-21(30-3)11-5-18/h4-11,17,22-23H,12-16H2,1-3H3. The zero-order chi connectivity index (χ0) is 22.2. The van der Waals surface area contributed by atoms with Gasteiger partial charge in [-0.1, -0.05) is 38.1 Å². The highest BCUT2D eigenvalue weighted by Gasteiger charge is 2.49. The zero-order valence-corrected chi connectivity index (χ0v) is 19.1. The Bertz CT molecular complexity index is 1030. The average Bonchev–Trinajstić information content (AvgIpc) is 3.07. The Morgan fingerprint density at radius 3 is 2.26 bits per heavy atom. The zero-order valence-electron chi connectivity index (χ0n) is 18.3. The number of carbonyl (C=O) groups excluding carboxylic acids is 1. The Labute approximate surface area is 184 Å². The normalized spacial score (nSPS) is 23.2. The topological polar surface area (TPSA) is 66.9 Å². The van der Waals surface area contributed by atoms with Gasteiger partial charge in [0.05, 0.1) is 31.2 Å². The quantitative estimate of drug-likeness (QED) is 0.688. The van der Waals surface area contributed by atoms with E-state index in [1.807, 2.05) is 48.5 Å². The van der Waals surface area contributed by atoms with Crippen LogP contribution < -0.4 is 9.64 Å². The summed E-state index contributed by atoms with van der Waals surface area (Å²) in [6.45, 7) is 5.14. The summed E-state index contributed by atoms with van der Waals surface area (Å²) in [5.41, 5.74) is 3.12. The van der Waals surface area contributed by atoms with Gasteiger partial charge >= 0.3 is 0 Å². The third-order valence-electron chi connectivity index (χ3n) is 6.39. The predicted molar refractivity (Wildman–Crippen MR) is 123 cm³/mol. The lowest BCUT2D eigenvalue weighted by Gasteiger charge is -2.43. The first-order valence-corrected chi connectivity index (χ1v) is 12.6. The monoisotopic (exact) mass is 442 g/mol. The van der Waals surface area contributed by atoms with Crippen molar-refractivity contribution in [2.75, 3.05) is 36.6 Å². The van der Waals surface area contributed by atoms with Crippen LogP contribution in [0.4, 0.5) is 5.69 Å². The van der Waals surface area contributed by atoms with E-state index in [9.17, 15) is 13.2 Å². The molecule has 166 valence electrons. The van der Waals surface area contributed by atoms with Crippen molar-refractivity contribution in [3.05, 3.63) is 59.7 Å². The van der Waals surface area contributed by atoms with E-state index in [0.29, 0.717) is 12.5 Å². The van der Waals surface area contributed by atoms with E-state index in [1.54, 1.807) is 12.0 Å². The molecular weight excluding hydrogens is 412 g/mol. The van der Waals surface area contributed by atoms with Crippen LogP contribution in [0.15, 0.2) is 48.5 Å². The van der Waals surface area contributed by atoms with E-state index in [0.717, 1.165) is 23.4 Å². The smallest absolute Gasteiger partial charge is 0.241 e. The van der Waals surface area contributed by atoms with Crippen LogP contribution in [0.5, 0.6) is 5.75 Å². The minimum absolute atomic E-state index is 0.0222. The largest absolute Gasteiger partial charge is 0.497 e. The molecule has 0 saturated carbocycles. The van der Waals surface area contributed by atoms with Crippen molar-refractivity contribution in [3.63, 3.8) is 0 Å². The van der Waals surface area contributed by atoms with E-state index in [-0.39, 0.29) is 36.0 Å². The molecule has 2 aromatic carbocycles. The maximum absolute atomic E-state index is 13.1. The molecule has 2 heterocycles. The number of sulfone groups is 1. The molecule has 0 aliphatic carbocycles. The van der Waals surface area contributed by atoms with Gasteiger partial charge in [-0.3, -0.25) is 9.69 Å². The van der Waals surface area contributed by atoms with Crippen LogP contribution >= 0.6 is 0 Å². The van der Waals surface area contributed by atoms with Gasteiger partial charge in [0.25, 0.3) is 0 Å². The molecule has 2 aliphatic rings. The van der Waals surface area contributed by atoms with E-state index >= 15 is 0 Å². The van der Waals surface area contributed by atoms with Crippen molar-refractivity contribution in [1.29, 1.82) is 0 Å². The van der Waals surface area contributed by atoms with Crippen molar-refractivity contribution in [3.8, 4) is 5.75 Å². The molecule has 0 bridgehead atoms. The summed E-state index contributed by atoms with van der Waals surface area (Å²) >= 11 is 0. The molecule has 0 radical (unpaired) electrons. The number of fused-ring (bicyclic) bond motifs is 1. The molecule has 31 heavy (non-hydrogen) atoms. The number of anilines is 1. The van der Waals surface area contributed by atoms with Crippen molar-refractivity contribution < 1.29 is 17.9 Å². The van der Waals surface area contributed by atoms with Crippen LogP contribution in [0.25, 0.3) is 0 Å². The van der Waals surface area contributed by atoms with Crippen molar-refractivity contribution in [2.24, 2.45) is 0 Å². The first-order valence-electron chi connectivity index (χ1n) is 10.8. The second-order valence-electron chi connectivity index (χ2n) is 8.79. The maximum atomic E-state index is 13.1. The summed E-state index contributed by atoms with van der Waals surface area (Å²) in [6.07, 6.45) is 0.754. The second kappa shape index (κ2) is 8.63. The number of methoxy groups -OCH3 is 1. The van der Waals surface area contributed by atoms with Crippen molar-refractivity contribution >= 4 is 21.4 Å². The van der Waals surface area contributed by atoms with Gasteiger partial charge in [-0.2, -0.15) is 0 Å². The highest BCUT2D eigenvalue weighted by atomic mass is 32.2. The van der Waals surface area contributed by atoms with E-state index in [2.05, 4.69) is 18.7 Å². The van der Waals surface area contributed by atoms with Crippen molar-refractivity contribution in [1.82, 2.24) is 4.90 Å². The van der Waals surface area contributed by atoms with Gasteiger partial charge in [0.15, 0.2) is 9.84 Å². The molecular formula is C24H30N2O4S. The number of hydrogen-bond acceptors (Lipinski definition) is 5. The minimum atomic E-state index is -3.19. The summed E-state index contributed by atoms with van der Waals surface area (Å²) in [7, 11) is -1.56. The van der Waals surface area contributed by atoms with Crippen LogP contribution in [0.1, 0.15) is 30.9 Å². The number of rotatable bonds is 6. The second-order valence-corrected chi connectivity index (χ2v) is 10.9. The molecule has 2 aromatic rings. The van der Waals surface area contributed by atoms with Gasteiger partial charge in [0.1, 0.15) is 5.75 Å². The molecule has 2 unspecified atom stereocenters. The van der Waals surface area contributed by atoms with Gasteiger partial charge in [-0.15, -0.1) is 0 Å². The Hall–Kier alpha value is -2.38. The van der Waals surface area contributed by atoms with E-state index < -0.39 is 9.84 Å². The lowest BCUT2D eigenvalue weighted by molar-refractivity contribution is -0.123. The Morgan fingerprint density at radius 2 is 1.65 bits per heavy atom. The molecule has 2 saturated heterocycles. The van der Waals surface area contributed by atoms with Crippen LogP contribution in [-0.2, 0) is 21.1 Å². The highest BCUT2D eigenvalue weighted by Crippen LogP contribution is 2.32. The Kier molecular flexibility index (Phi) is 6.08. The summed E-state index contributed by atoms with van der Waals surface area (Å²) in [5, 5.41) is 0. The number of hydrogen-bond donors (Lipinski definition) is 0. The third kappa shape index (κ3) is 4.62. The van der Waals surface area contributed by atoms with Crippen LogP contribution in [0.2, 0.25) is 0 Å². The Balaban J connectivity index is 1.54. The van der Waals surface area contributed by atoms with Gasteiger partial charge in [-0.05, 0) is 47.7 Å². The molecule has 4 rings (SSSR count).